The van der Waals surface area contributed by atoms with Crippen molar-refractivity contribution in [2.75, 3.05) is 0 Å². The van der Waals surface area contributed by atoms with Crippen LogP contribution in [-0.4, -0.2) is 17.2 Å². The molecule has 0 aliphatic rings. The fraction of sp³-hybridized carbons (Fsp3) is 0.429. The zero-order chi connectivity index (χ0) is 9.14. The van der Waals surface area contributed by atoms with E-state index in [-0.39, 0.29) is 17.5 Å². The van der Waals surface area contributed by atoms with Gasteiger partial charge in [0, 0.05) is 0 Å². The van der Waals surface area contributed by atoms with E-state index in [1.54, 1.807) is 0 Å². The SMILES string of the molecule is CC(C)Oc1conc1C(N)=O. The van der Waals surface area contributed by atoms with Crippen LogP contribution in [0.2, 0.25) is 0 Å². The summed E-state index contributed by atoms with van der Waals surface area (Å²) in [5, 5.41) is 3.39. The lowest BCUT2D eigenvalue weighted by Crippen LogP contribution is -2.15. The van der Waals surface area contributed by atoms with E-state index in [0.717, 1.165) is 0 Å². The molecule has 1 heterocycles. The molecule has 0 atom stereocenters. The fourth-order valence-corrected chi connectivity index (χ4v) is 0.732. The second-order valence-corrected chi connectivity index (χ2v) is 2.56. The average Bonchev–Trinajstić information content (AvgIpc) is 2.33. The number of carbonyl (C=O) groups is 1. The molecule has 0 saturated carbocycles. The lowest BCUT2D eigenvalue weighted by Gasteiger charge is -2.05. The summed E-state index contributed by atoms with van der Waals surface area (Å²) in [4.78, 5) is 10.7. The third kappa shape index (κ3) is 1.75. The second kappa shape index (κ2) is 3.25. The maximum atomic E-state index is 10.7. The first kappa shape index (κ1) is 8.58. The number of primary amides is 1. The molecule has 0 unspecified atom stereocenters. The van der Waals surface area contributed by atoms with Crippen molar-refractivity contribution in [2.45, 2.75) is 20.0 Å². The molecule has 0 bridgehead atoms. The van der Waals surface area contributed by atoms with Crippen molar-refractivity contribution < 1.29 is 14.1 Å². The number of rotatable bonds is 3. The quantitative estimate of drug-likeness (QED) is 0.718. The van der Waals surface area contributed by atoms with Crippen molar-refractivity contribution in [3.05, 3.63) is 12.0 Å². The first-order chi connectivity index (χ1) is 5.61. The number of carbonyl (C=O) groups excluding carboxylic acids is 1. The molecular formula is C7H10N2O3. The van der Waals surface area contributed by atoms with Gasteiger partial charge in [0.25, 0.3) is 5.91 Å². The largest absolute Gasteiger partial charge is 0.485 e. The summed E-state index contributed by atoms with van der Waals surface area (Å²) in [6.07, 6.45) is 1.21. The Kier molecular flexibility index (Phi) is 2.32. The Morgan fingerprint density at radius 1 is 1.75 bits per heavy atom. The smallest absolute Gasteiger partial charge is 0.274 e. The molecule has 0 aliphatic carbocycles. The zero-order valence-corrected chi connectivity index (χ0v) is 6.90. The molecule has 66 valence electrons. The molecule has 0 fully saturated rings. The van der Waals surface area contributed by atoms with Gasteiger partial charge in [-0.25, -0.2) is 0 Å². The second-order valence-electron chi connectivity index (χ2n) is 2.56. The standard InChI is InChI=1S/C7H10N2O3/c1-4(2)12-5-3-11-9-6(5)7(8)10/h3-4H,1-2H3,(H2,8,10). The number of aromatic nitrogens is 1. The van der Waals surface area contributed by atoms with E-state index in [2.05, 4.69) is 9.68 Å². The van der Waals surface area contributed by atoms with Crippen molar-refractivity contribution in [3.63, 3.8) is 0 Å². The Morgan fingerprint density at radius 3 is 2.92 bits per heavy atom. The summed E-state index contributed by atoms with van der Waals surface area (Å²) in [7, 11) is 0. The number of hydrogen-bond donors (Lipinski definition) is 1. The van der Waals surface area contributed by atoms with Gasteiger partial charge in [0.15, 0.2) is 12.0 Å². The van der Waals surface area contributed by atoms with E-state index >= 15 is 0 Å². The van der Waals surface area contributed by atoms with Crippen LogP contribution in [0.4, 0.5) is 0 Å². The maximum Gasteiger partial charge on any atom is 0.274 e. The van der Waals surface area contributed by atoms with Crippen molar-refractivity contribution in [1.29, 1.82) is 0 Å². The predicted octanol–water partition coefficient (Wildman–Crippen LogP) is 0.561. The highest BCUT2D eigenvalue weighted by Gasteiger charge is 2.15. The topological polar surface area (TPSA) is 78.3 Å². The highest BCUT2D eigenvalue weighted by molar-refractivity contribution is 5.93. The Morgan fingerprint density at radius 2 is 2.42 bits per heavy atom. The Hall–Kier alpha value is -1.52. The third-order valence-corrected chi connectivity index (χ3v) is 1.13. The average molecular weight is 170 g/mol. The minimum Gasteiger partial charge on any atom is -0.485 e. The molecule has 1 amide bonds. The Labute approximate surface area is 69.5 Å². The molecule has 0 radical (unpaired) electrons. The number of hydrogen-bond acceptors (Lipinski definition) is 4. The molecular weight excluding hydrogens is 160 g/mol. The van der Waals surface area contributed by atoms with Gasteiger partial charge in [-0.2, -0.15) is 0 Å². The van der Waals surface area contributed by atoms with E-state index in [4.69, 9.17) is 10.5 Å². The molecule has 12 heavy (non-hydrogen) atoms. The van der Waals surface area contributed by atoms with E-state index in [0.29, 0.717) is 0 Å². The van der Waals surface area contributed by atoms with Gasteiger partial charge in [-0.3, -0.25) is 4.79 Å². The summed E-state index contributed by atoms with van der Waals surface area (Å²) in [6.45, 7) is 3.66. The van der Waals surface area contributed by atoms with Crippen LogP contribution < -0.4 is 10.5 Å². The summed E-state index contributed by atoms with van der Waals surface area (Å²) in [6, 6.07) is 0. The fourth-order valence-electron chi connectivity index (χ4n) is 0.732. The van der Waals surface area contributed by atoms with Crippen LogP contribution in [0.15, 0.2) is 10.8 Å². The number of nitrogens with two attached hydrogens (primary N) is 1. The molecule has 5 nitrogen and oxygen atoms in total. The highest BCUT2D eigenvalue weighted by atomic mass is 16.5. The van der Waals surface area contributed by atoms with Gasteiger partial charge >= 0.3 is 0 Å². The normalized spacial score (nSPS) is 10.2. The van der Waals surface area contributed by atoms with Gasteiger partial charge in [0.2, 0.25) is 5.69 Å². The predicted molar refractivity (Wildman–Crippen MR) is 40.8 cm³/mol. The molecule has 1 aromatic rings. The first-order valence-corrected chi connectivity index (χ1v) is 3.52. The van der Waals surface area contributed by atoms with Gasteiger partial charge in [-0.15, -0.1) is 0 Å². The maximum absolute atomic E-state index is 10.7. The van der Waals surface area contributed by atoms with Gasteiger partial charge in [-0.05, 0) is 13.8 Å². The minimum atomic E-state index is -0.653. The van der Waals surface area contributed by atoms with E-state index in [1.165, 1.54) is 6.26 Å². The zero-order valence-electron chi connectivity index (χ0n) is 6.90. The molecule has 0 spiro atoms. The Balaban J connectivity index is 2.84. The van der Waals surface area contributed by atoms with Gasteiger partial charge in [0.05, 0.1) is 6.10 Å². The highest BCUT2D eigenvalue weighted by Crippen LogP contribution is 2.16. The van der Waals surface area contributed by atoms with Gasteiger partial charge < -0.3 is 15.0 Å². The molecule has 0 aromatic carbocycles. The number of ether oxygens (including phenoxy) is 1. The third-order valence-electron chi connectivity index (χ3n) is 1.13. The summed E-state index contributed by atoms with van der Waals surface area (Å²) in [5.41, 5.74) is 5.02. The van der Waals surface area contributed by atoms with Crippen LogP contribution in [0.25, 0.3) is 0 Å². The van der Waals surface area contributed by atoms with Crippen LogP contribution in [0.1, 0.15) is 24.3 Å². The van der Waals surface area contributed by atoms with Crippen LogP contribution in [0.5, 0.6) is 5.75 Å². The van der Waals surface area contributed by atoms with Crippen molar-refractivity contribution in [3.8, 4) is 5.75 Å². The van der Waals surface area contributed by atoms with E-state index < -0.39 is 5.91 Å². The van der Waals surface area contributed by atoms with Crippen LogP contribution in [0.3, 0.4) is 0 Å². The summed E-state index contributed by atoms with van der Waals surface area (Å²) in [5.74, 6) is -0.364. The van der Waals surface area contributed by atoms with Crippen molar-refractivity contribution >= 4 is 5.91 Å². The van der Waals surface area contributed by atoms with Crippen LogP contribution >= 0.6 is 0 Å². The summed E-state index contributed by atoms with van der Waals surface area (Å²) >= 11 is 0. The Bertz CT molecular complexity index is 280. The first-order valence-electron chi connectivity index (χ1n) is 3.52. The van der Waals surface area contributed by atoms with E-state index in [9.17, 15) is 4.79 Å². The van der Waals surface area contributed by atoms with Gasteiger partial charge in [-0.1, -0.05) is 5.16 Å². The number of amides is 1. The lowest BCUT2D eigenvalue weighted by atomic mass is 10.4. The lowest BCUT2D eigenvalue weighted by molar-refractivity contribution is 0.0987. The minimum absolute atomic E-state index is 0.0312. The van der Waals surface area contributed by atoms with Gasteiger partial charge in [0.1, 0.15) is 0 Å². The van der Waals surface area contributed by atoms with Crippen LogP contribution in [0, 0.1) is 0 Å². The van der Waals surface area contributed by atoms with Crippen molar-refractivity contribution in [2.24, 2.45) is 5.73 Å². The monoisotopic (exact) mass is 170 g/mol. The molecule has 0 saturated heterocycles. The molecule has 2 N–H and O–H groups in total. The summed E-state index contributed by atoms with van der Waals surface area (Å²) < 4.78 is 9.72. The molecule has 1 rings (SSSR count). The molecule has 5 heteroatoms. The van der Waals surface area contributed by atoms with E-state index in [1.807, 2.05) is 13.8 Å². The molecule has 1 aromatic heterocycles. The van der Waals surface area contributed by atoms with Crippen molar-refractivity contribution in [1.82, 2.24) is 5.16 Å². The molecule has 0 aliphatic heterocycles. The van der Waals surface area contributed by atoms with Crippen LogP contribution in [-0.2, 0) is 0 Å². The number of nitrogens with zero attached hydrogens (tertiary/aromatic N) is 1.